The Morgan fingerprint density at radius 1 is 1.00 bits per heavy atom. The average Bonchev–Trinajstić information content (AvgIpc) is 2.69. The number of hydrogen-bond acceptors (Lipinski definition) is 4. The molecule has 1 heterocycles. The molecule has 7 heteroatoms. The number of amides is 2. The summed E-state index contributed by atoms with van der Waals surface area (Å²) in [5.74, 6) is -0.665. The highest BCUT2D eigenvalue weighted by atomic mass is 35.5. The summed E-state index contributed by atoms with van der Waals surface area (Å²) in [5.41, 5.74) is 4.52. The summed E-state index contributed by atoms with van der Waals surface area (Å²) in [6, 6.07) is 17.2. The predicted octanol–water partition coefficient (Wildman–Crippen LogP) is 3.75. The van der Waals surface area contributed by atoms with E-state index < -0.39 is 0 Å². The molecule has 0 aliphatic carbocycles. The van der Waals surface area contributed by atoms with Gasteiger partial charge < -0.3 is 5.32 Å². The maximum Gasteiger partial charge on any atom is 0.272 e. The lowest BCUT2D eigenvalue weighted by atomic mass is 10.2. The van der Waals surface area contributed by atoms with Crippen LogP contribution in [0.5, 0.6) is 0 Å². The molecule has 3 rings (SSSR count). The van der Waals surface area contributed by atoms with Gasteiger partial charge in [0.25, 0.3) is 11.8 Å². The van der Waals surface area contributed by atoms with Gasteiger partial charge in [-0.1, -0.05) is 35.9 Å². The molecule has 6 nitrogen and oxygen atoms in total. The van der Waals surface area contributed by atoms with E-state index in [-0.39, 0.29) is 11.8 Å². The molecule has 0 fully saturated rings. The van der Waals surface area contributed by atoms with Crippen LogP contribution in [0.1, 0.15) is 26.3 Å². The Morgan fingerprint density at radius 3 is 2.63 bits per heavy atom. The molecular weight excluding hydrogens is 364 g/mol. The number of hydrogen-bond donors (Lipinski definition) is 2. The van der Waals surface area contributed by atoms with Crippen LogP contribution in [0.2, 0.25) is 5.02 Å². The van der Waals surface area contributed by atoms with Gasteiger partial charge in [-0.3, -0.25) is 14.6 Å². The zero-order valence-electron chi connectivity index (χ0n) is 14.1. The van der Waals surface area contributed by atoms with Gasteiger partial charge in [-0.05, 0) is 42.0 Å². The smallest absolute Gasteiger partial charge is 0.272 e. The van der Waals surface area contributed by atoms with E-state index in [2.05, 4.69) is 20.8 Å². The van der Waals surface area contributed by atoms with Crippen molar-refractivity contribution in [2.75, 3.05) is 5.32 Å². The highest BCUT2D eigenvalue weighted by Crippen LogP contribution is 2.17. The number of hydrazone groups is 1. The fourth-order valence-electron chi connectivity index (χ4n) is 2.27. The Labute approximate surface area is 160 Å². The number of halogens is 1. The molecule has 0 aliphatic heterocycles. The predicted molar refractivity (Wildman–Crippen MR) is 105 cm³/mol. The van der Waals surface area contributed by atoms with Gasteiger partial charge in [0.15, 0.2) is 0 Å². The summed E-state index contributed by atoms with van der Waals surface area (Å²) in [5, 5.41) is 7.09. The second-order valence-electron chi connectivity index (χ2n) is 5.50. The molecule has 2 amide bonds. The Balaban J connectivity index is 1.64. The van der Waals surface area contributed by atoms with Gasteiger partial charge in [0, 0.05) is 18.1 Å². The maximum absolute atomic E-state index is 12.3. The fraction of sp³-hybridized carbons (Fsp3) is 0. The van der Waals surface area contributed by atoms with Crippen LogP contribution in [0.3, 0.4) is 0 Å². The van der Waals surface area contributed by atoms with Crippen molar-refractivity contribution in [1.82, 2.24) is 10.4 Å². The monoisotopic (exact) mass is 378 g/mol. The van der Waals surface area contributed by atoms with Crippen LogP contribution < -0.4 is 10.7 Å². The first kappa shape index (κ1) is 18.3. The number of nitrogens with one attached hydrogen (secondary N) is 2. The summed E-state index contributed by atoms with van der Waals surface area (Å²) in [4.78, 5) is 28.1. The number of nitrogens with zero attached hydrogens (tertiary/aromatic N) is 2. The van der Waals surface area contributed by atoms with Gasteiger partial charge in [-0.15, -0.1) is 0 Å². The van der Waals surface area contributed by atoms with Crippen molar-refractivity contribution in [2.24, 2.45) is 5.10 Å². The minimum Gasteiger partial charge on any atom is -0.322 e. The van der Waals surface area contributed by atoms with Crippen LogP contribution in [0.25, 0.3) is 0 Å². The van der Waals surface area contributed by atoms with Crippen molar-refractivity contribution in [3.8, 4) is 0 Å². The van der Waals surface area contributed by atoms with Crippen LogP contribution >= 0.6 is 11.6 Å². The van der Waals surface area contributed by atoms with E-state index in [1.165, 1.54) is 12.4 Å². The first-order valence-electron chi connectivity index (χ1n) is 8.03. The van der Waals surface area contributed by atoms with Crippen molar-refractivity contribution in [3.05, 3.63) is 94.8 Å². The van der Waals surface area contributed by atoms with Gasteiger partial charge in [0.05, 0.1) is 22.4 Å². The van der Waals surface area contributed by atoms with Crippen LogP contribution in [-0.4, -0.2) is 23.0 Å². The highest BCUT2D eigenvalue weighted by molar-refractivity contribution is 6.34. The third-order valence-electron chi connectivity index (χ3n) is 3.57. The fourth-order valence-corrected chi connectivity index (χ4v) is 2.49. The molecule has 0 bridgehead atoms. The quantitative estimate of drug-likeness (QED) is 0.524. The summed E-state index contributed by atoms with van der Waals surface area (Å²) in [6.45, 7) is 0. The molecule has 0 saturated heterocycles. The maximum atomic E-state index is 12.3. The zero-order chi connectivity index (χ0) is 19.1. The summed E-state index contributed by atoms with van der Waals surface area (Å²) in [7, 11) is 0. The van der Waals surface area contributed by atoms with Crippen LogP contribution in [-0.2, 0) is 0 Å². The second kappa shape index (κ2) is 8.73. The normalized spacial score (nSPS) is 10.6. The zero-order valence-corrected chi connectivity index (χ0v) is 14.9. The Morgan fingerprint density at radius 2 is 1.85 bits per heavy atom. The van der Waals surface area contributed by atoms with E-state index in [0.29, 0.717) is 27.4 Å². The lowest BCUT2D eigenvalue weighted by Crippen LogP contribution is -2.17. The molecule has 1 aromatic heterocycles. The van der Waals surface area contributed by atoms with Crippen molar-refractivity contribution in [1.29, 1.82) is 0 Å². The Kier molecular flexibility index (Phi) is 5.91. The second-order valence-corrected chi connectivity index (χ2v) is 5.91. The van der Waals surface area contributed by atoms with E-state index >= 15 is 0 Å². The molecule has 0 unspecified atom stereocenters. The van der Waals surface area contributed by atoms with E-state index in [0.717, 1.165) is 0 Å². The first-order chi connectivity index (χ1) is 13.1. The third kappa shape index (κ3) is 4.99. The number of benzene rings is 2. The minimum absolute atomic E-state index is 0.306. The van der Waals surface area contributed by atoms with Gasteiger partial charge in [-0.2, -0.15) is 5.10 Å². The van der Waals surface area contributed by atoms with Crippen molar-refractivity contribution in [2.45, 2.75) is 0 Å². The minimum atomic E-state index is -0.359. The Hall–Kier alpha value is -3.51. The Bertz CT molecular complexity index is 990. The number of rotatable bonds is 5. The molecule has 0 saturated carbocycles. The summed E-state index contributed by atoms with van der Waals surface area (Å²) in [6.07, 6.45) is 4.53. The van der Waals surface area contributed by atoms with Crippen molar-refractivity contribution < 1.29 is 9.59 Å². The third-order valence-corrected chi connectivity index (χ3v) is 3.90. The van der Waals surface area contributed by atoms with Gasteiger partial charge >= 0.3 is 0 Å². The average molecular weight is 379 g/mol. The number of anilines is 1. The van der Waals surface area contributed by atoms with E-state index in [1.54, 1.807) is 66.9 Å². The SMILES string of the molecule is O=C(N/N=C/c1cccc(NC(=O)c2ccccc2Cl)c1)c1cccnc1. The summed E-state index contributed by atoms with van der Waals surface area (Å²) >= 11 is 6.04. The lowest BCUT2D eigenvalue weighted by Gasteiger charge is -2.07. The van der Waals surface area contributed by atoms with Gasteiger partial charge in [0.1, 0.15) is 0 Å². The number of carbonyl (C=O) groups is 2. The van der Waals surface area contributed by atoms with E-state index in [9.17, 15) is 9.59 Å². The molecule has 2 aromatic carbocycles. The topological polar surface area (TPSA) is 83.5 Å². The summed E-state index contributed by atoms with van der Waals surface area (Å²) < 4.78 is 0. The van der Waals surface area contributed by atoms with Crippen LogP contribution in [0.15, 0.2) is 78.2 Å². The standard InChI is InChI=1S/C20H15ClN4O2/c21-18-9-2-1-8-17(18)20(27)24-16-7-3-5-14(11-16)12-23-25-19(26)15-6-4-10-22-13-15/h1-13H,(H,24,27)(H,25,26)/b23-12+. The van der Waals surface area contributed by atoms with Gasteiger partial charge in [0.2, 0.25) is 0 Å². The van der Waals surface area contributed by atoms with Crippen LogP contribution in [0.4, 0.5) is 5.69 Å². The van der Waals surface area contributed by atoms with E-state index in [1.807, 2.05) is 0 Å². The van der Waals surface area contributed by atoms with Crippen molar-refractivity contribution >= 4 is 35.3 Å². The lowest BCUT2D eigenvalue weighted by molar-refractivity contribution is 0.0954. The molecule has 0 atom stereocenters. The molecule has 0 spiro atoms. The molecular formula is C20H15ClN4O2. The first-order valence-corrected chi connectivity index (χ1v) is 8.40. The highest BCUT2D eigenvalue weighted by Gasteiger charge is 2.09. The molecule has 0 radical (unpaired) electrons. The van der Waals surface area contributed by atoms with Gasteiger partial charge in [-0.25, -0.2) is 5.43 Å². The number of aromatic nitrogens is 1. The molecule has 3 aromatic rings. The molecule has 0 aliphatic rings. The molecule has 2 N–H and O–H groups in total. The van der Waals surface area contributed by atoms with Crippen LogP contribution in [0, 0.1) is 0 Å². The van der Waals surface area contributed by atoms with Crippen molar-refractivity contribution in [3.63, 3.8) is 0 Å². The largest absolute Gasteiger partial charge is 0.322 e. The molecule has 134 valence electrons. The molecule has 27 heavy (non-hydrogen) atoms. The number of carbonyl (C=O) groups excluding carboxylic acids is 2. The number of pyridine rings is 1. The van der Waals surface area contributed by atoms with E-state index in [4.69, 9.17) is 11.6 Å².